The van der Waals surface area contributed by atoms with Crippen LogP contribution in [0.25, 0.3) is 10.9 Å². The summed E-state index contributed by atoms with van der Waals surface area (Å²) >= 11 is 3.41. The van der Waals surface area contributed by atoms with E-state index in [1.165, 1.54) is 4.88 Å². The fourth-order valence-electron chi connectivity index (χ4n) is 3.35. The number of benzene rings is 1. The molecule has 3 nitrogen and oxygen atoms in total. The Kier molecular flexibility index (Phi) is 4.76. The molecule has 0 aliphatic carbocycles. The molecule has 7 heteroatoms. The van der Waals surface area contributed by atoms with Crippen molar-refractivity contribution in [1.29, 1.82) is 0 Å². The van der Waals surface area contributed by atoms with Gasteiger partial charge in [-0.25, -0.2) is 13.8 Å². The molecule has 0 amide bonds. The van der Waals surface area contributed by atoms with Gasteiger partial charge in [-0.3, -0.25) is 9.98 Å². The van der Waals surface area contributed by atoms with Gasteiger partial charge in [-0.2, -0.15) is 0 Å². The van der Waals surface area contributed by atoms with Crippen molar-refractivity contribution in [2.75, 3.05) is 0 Å². The van der Waals surface area contributed by atoms with Gasteiger partial charge in [-0.1, -0.05) is 25.6 Å². The lowest BCUT2D eigenvalue weighted by molar-refractivity contribution is 0.515. The van der Waals surface area contributed by atoms with Crippen LogP contribution in [0.3, 0.4) is 0 Å². The Hall–Kier alpha value is -1.86. The molecule has 1 aromatic carbocycles. The number of thiazole rings is 1. The van der Waals surface area contributed by atoms with Gasteiger partial charge in [0.1, 0.15) is 10.6 Å². The minimum Gasteiger partial charge on any atom is -0.274 e. The predicted octanol–water partition coefficient (Wildman–Crippen LogP) is 5.55. The molecule has 0 saturated carbocycles. The zero-order chi connectivity index (χ0) is 19.2. The van der Waals surface area contributed by atoms with E-state index in [4.69, 9.17) is 4.99 Å². The van der Waals surface area contributed by atoms with Crippen molar-refractivity contribution < 1.29 is 8.78 Å². The summed E-state index contributed by atoms with van der Waals surface area (Å²) < 4.78 is 27.4. The lowest BCUT2D eigenvalue weighted by Gasteiger charge is -2.33. The first-order valence-electron chi connectivity index (χ1n) is 8.73. The molecule has 3 heterocycles. The summed E-state index contributed by atoms with van der Waals surface area (Å²) in [5.41, 5.74) is 0.896. The molecule has 1 aliphatic rings. The van der Waals surface area contributed by atoms with Crippen LogP contribution < -0.4 is 0 Å². The summed E-state index contributed by atoms with van der Waals surface area (Å²) in [6, 6.07) is 4.70. The molecule has 140 valence electrons. The number of aryl methyl sites for hydroxylation is 1. The summed E-state index contributed by atoms with van der Waals surface area (Å²) in [6.07, 6.45) is 5.35. The smallest absolute Gasteiger partial charge is 0.184 e. The average molecular weight is 404 g/mol. The summed E-state index contributed by atoms with van der Waals surface area (Å²) in [5.74, 6) is -1.79. The van der Waals surface area contributed by atoms with E-state index < -0.39 is 11.6 Å². The molecule has 0 saturated heterocycles. The van der Waals surface area contributed by atoms with E-state index in [0.717, 1.165) is 34.5 Å². The number of aromatic nitrogens is 2. The maximum Gasteiger partial charge on any atom is 0.184 e. The fraction of sp³-hybridized carbons (Fsp3) is 0.350. The summed E-state index contributed by atoms with van der Waals surface area (Å²) in [6.45, 7) is 6.42. The molecule has 0 fully saturated rings. The van der Waals surface area contributed by atoms with E-state index in [-0.39, 0.29) is 16.3 Å². The summed E-state index contributed by atoms with van der Waals surface area (Å²) in [7, 11) is 0. The second kappa shape index (κ2) is 6.95. The van der Waals surface area contributed by atoms with Crippen LogP contribution in [0.2, 0.25) is 0 Å². The molecule has 1 atom stereocenters. The quantitative estimate of drug-likeness (QED) is 0.575. The highest BCUT2D eigenvalue weighted by atomic mass is 32.2. The van der Waals surface area contributed by atoms with E-state index in [2.05, 4.69) is 23.8 Å². The third-order valence-corrected chi connectivity index (χ3v) is 6.69. The maximum absolute atomic E-state index is 13.9. The van der Waals surface area contributed by atoms with Crippen LogP contribution >= 0.6 is 23.1 Å². The molecule has 0 bridgehead atoms. The molecular weight excluding hydrogens is 384 g/mol. The SMILES string of the molecule is Cc1ncc(CC2CC(C)(C)SC(c3cnc4c(F)c(F)ccc4c3)=N2)s1. The number of fused-ring (bicyclic) bond motifs is 1. The minimum atomic E-state index is -0.906. The van der Waals surface area contributed by atoms with E-state index in [9.17, 15) is 8.78 Å². The first kappa shape index (κ1) is 18.5. The monoisotopic (exact) mass is 403 g/mol. The Labute approximate surface area is 165 Å². The molecule has 4 rings (SSSR count). The van der Waals surface area contributed by atoms with Gasteiger partial charge >= 0.3 is 0 Å². The van der Waals surface area contributed by atoms with Crippen LogP contribution in [0.5, 0.6) is 0 Å². The summed E-state index contributed by atoms with van der Waals surface area (Å²) in [4.78, 5) is 14.7. The van der Waals surface area contributed by atoms with Crippen molar-refractivity contribution in [3.63, 3.8) is 0 Å². The molecule has 27 heavy (non-hydrogen) atoms. The van der Waals surface area contributed by atoms with E-state index in [1.54, 1.807) is 35.4 Å². The number of halogens is 2. The van der Waals surface area contributed by atoms with Gasteiger partial charge in [-0.15, -0.1) is 11.3 Å². The fourth-order valence-corrected chi connectivity index (χ4v) is 5.45. The molecule has 0 spiro atoms. The Bertz CT molecular complexity index is 1040. The molecule has 0 N–H and O–H groups in total. The molecule has 2 aromatic heterocycles. The first-order valence-corrected chi connectivity index (χ1v) is 10.4. The van der Waals surface area contributed by atoms with Crippen molar-refractivity contribution in [1.82, 2.24) is 9.97 Å². The van der Waals surface area contributed by atoms with Crippen LogP contribution in [0.15, 0.2) is 35.6 Å². The number of pyridine rings is 1. The Morgan fingerprint density at radius 1 is 1.19 bits per heavy atom. The third kappa shape index (κ3) is 3.89. The van der Waals surface area contributed by atoms with Crippen LogP contribution in [0.4, 0.5) is 8.78 Å². The van der Waals surface area contributed by atoms with Gasteiger partial charge < -0.3 is 0 Å². The van der Waals surface area contributed by atoms with E-state index in [0.29, 0.717) is 5.39 Å². The highest BCUT2D eigenvalue weighted by Crippen LogP contribution is 2.39. The Morgan fingerprint density at radius 2 is 2.00 bits per heavy atom. The Morgan fingerprint density at radius 3 is 2.74 bits per heavy atom. The minimum absolute atomic E-state index is 0.0322. The normalized spacial score (nSPS) is 19.3. The van der Waals surface area contributed by atoms with E-state index >= 15 is 0 Å². The summed E-state index contributed by atoms with van der Waals surface area (Å²) in [5, 5.41) is 2.54. The third-order valence-electron chi connectivity index (χ3n) is 4.50. The number of aliphatic imine (C=N–C) groups is 1. The van der Waals surface area contributed by atoms with E-state index in [1.807, 2.05) is 19.2 Å². The van der Waals surface area contributed by atoms with Gasteiger partial charge in [-0.05, 0) is 31.5 Å². The van der Waals surface area contributed by atoms with Gasteiger partial charge in [0.05, 0.1) is 11.0 Å². The average Bonchev–Trinajstić information content (AvgIpc) is 3.01. The topological polar surface area (TPSA) is 38.1 Å². The second-order valence-electron chi connectivity index (χ2n) is 7.36. The predicted molar refractivity (Wildman–Crippen MR) is 109 cm³/mol. The van der Waals surface area contributed by atoms with Crippen LogP contribution in [-0.2, 0) is 6.42 Å². The second-order valence-corrected chi connectivity index (χ2v) is 10.4. The largest absolute Gasteiger partial charge is 0.274 e. The molecular formula is C20H19F2N3S2. The standard InChI is InChI=1S/C20H19F2N3S2/c1-11-23-10-15(26-11)7-14-8-20(2,3)27-19(25-14)13-6-12-4-5-16(21)17(22)18(12)24-9-13/h4-6,9-10,14H,7-8H2,1-3H3. The lowest BCUT2D eigenvalue weighted by atomic mass is 10.00. The highest BCUT2D eigenvalue weighted by Gasteiger charge is 2.32. The van der Waals surface area contributed by atoms with Crippen molar-refractivity contribution in [2.24, 2.45) is 4.99 Å². The van der Waals surface area contributed by atoms with Crippen molar-refractivity contribution >= 4 is 39.0 Å². The van der Waals surface area contributed by atoms with Gasteiger partial charge in [0.15, 0.2) is 11.6 Å². The molecule has 1 aliphatic heterocycles. The van der Waals surface area contributed by atoms with Crippen molar-refractivity contribution in [3.8, 4) is 0 Å². The Balaban J connectivity index is 1.70. The number of rotatable bonds is 3. The number of hydrogen-bond acceptors (Lipinski definition) is 5. The van der Waals surface area contributed by atoms with Crippen LogP contribution in [-0.4, -0.2) is 25.8 Å². The molecule has 0 radical (unpaired) electrons. The zero-order valence-corrected chi connectivity index (χ0v) is 16.9. The number of nitrogens with zero attached hydrogens (tertiary/aromatic N) is 3. The molecule has 3 aromatic rings. The number of hydrogen-bond donors (Lipinski definition) is 0. The van der Waals surface area contributed by atoms with Gasteiger partial charge in [0.25, 0.3) is 0 Å². The zero-order valence-electron chi connectivity index (χ0n) is 15.3. The maximum atomic E-state index is 13.9. The van der Waals surface area contributed by atoms with Crippen LogP contribution in [0.1, 0.15) is 35.7 Å². The van der Waals surface area contributed by atoms with Gasteiger partial charge in [0.2, 0.25) is 0 Å². The van der Waals surface area contributed by atoms with Gasteiger partial charge in [0, 0.05) is 39.4 Å². The first-order chi connectivity index (χ1) is 12.8. The van der Waals surface area contributed by atoms with Crippen LogP contribution in [0, 0.1) is 18.6 Å². The number of thioether (sulfide) groups is 1. The lowest BCUT2D eigenvalue weighted by Crippen LogP contribution is -2.31. The van der Waals surface area contributed by atoms with Crippen molar-refractivity contribution in [2.45, 2.75) is 44.4 Å². The van der Waals surface area contributed by atoms with Crippen molar-refractivity contribution in [3.05, 3.63) is 57.7 Å². The molecule has 1 unspecified atom stereocenters. The highest BCUT2D eigenvalue weighted by molar-refractivity contribution is 8.15.